The van der Waals surface area contributed by atoms with E-state index in [0.717, 1.165) is 31.2 Å². The molecule has 4 nitrogen and oxygen atoms in total. The molecule has 2 aromatic rings. The van der Waals surface area contributed by atoms with Crippen LogP contribution < -0.4 is 5.32 Å². The minimum atomic E-state index is -0.643. The average molecular weight is 417 g/mol. The highest BCUT2D eigenvalue weighted by Crippen LogP contribution is 2.20. The molecular weight excluding hydrogens is 391 g/mol. The lowest BCUT2D eigenvalue weighted by Crippen LogP contribution is -2.50. The van der Waals surface area contributed by atoms with Crippen molar-refractivity contribution in [2.75, 3.05) is 0 Å². The second-order valence-electron chi connectivity index (χ2n) is 7.58. The van der Waals surface area contributed by atoms with Crippen LogP contribution in [0.3, 0.4) is 0 Å². The molecule has 2 aromatic carbocycles. The van der Waals surface area contributed by atoms with Gasteiger partial charge in [0.05, 0.1) is 6.42 Å². The van der Waals surface area contributed by atoms with Gasteiger partial charge in [0.15, 0.2) is 0 Å². The quantitative estimate of drug-likeness (QED) is 0.722. The number of rotatable bonds is 7. The Labute approximate surface area is 176 Å². The predicted octanol–water partition coefficient (Wildman–Crippen LogP) is 4.50. The normalized spacial score (nSPS) is 15.1. The molecule has 1 aliphatic carbocycles. The van der Waals surface area contributed by atoms with Crippen molar-refractivity contribution in [1.82, 2.24) is 10.2 Å². The highest BCUT2D eigenvalue weighted by atomic mass is 35.5. The highest BCUT2D eigenvalue weighted by Gasteiger charge is 2.28. The zero-order chi connectivity index (χ0) is 20.8. The van der Waals surface area contributed by atoms with Crippen LogP contribution in [0.4, 0.5) is 4.39 Å². The molecule has 0 unspecified atom stereocenters. The van der Waals surface area contributed by atoms with Crippen LogP contribution in [-0.2, 0) is 22.6 Å². The maximum Gasteiger partial charge on any atom is 0.242 e. The summed E-state index contributed by atoms with van der Waals surface area (Å²) in [6.07, 6.45) is 4.28. The summed E-state index contributed by atoms with van der Waals surface area (Å²) in [6.45, 7) is 1.96. The average Bonchev–Trinajstić information content (AvgIpc) is 3.21. The molecule has 0 aliphatic heterocycles. The predicted molar refractivity (Wildman–Crippen MR) is 112 cm³/mol. The fourth-order valence-corrected chi connectivity index (χ4v) is 3.87. The Morgan fingerprint density at radius 1 is 1.14 bits per heavy atom. The number of carbonyl (C=O) groups excluding carboxylic acids is 2. The minimum absolute atomic E-state index is 0.0991. The largest absolute Gasteiger partial charge is 0.352 e. The molecule has 3 rings (SSSR count). The molecule has 0 bridgehead atoms. The van der Waals surface area contributed by atoms with Gasteiger partial charge in [-0.3, -0.25) is 9.59 Å². The molecule has 2 amide bonds. The van der Waals surface area contributed by atoms with Gasteiger partial charge in [-0.15, -0.1) is 0 Å². The van der Waals surface area contributed by atoms with Crippen LogP contribution in [0.25, 0.3) is 0 Å². The molecule has 0 radical (unpaired) electrons. The molecule has 6 heteroatoms. The smallest absolute Gasteiger partial charge is 0.242 e. The molecule has 0 heterocycles. The van der Waals surface area contributed by atoms with Crippen molar-refractivity contribution in [3.8, 4) is 0 Å². The van der Waals surface area contributed by atoms with E-state index in [9.17, 15) is 14.0 Å². The minimum Gasteiger partial charge on any atom is -0.352 e. The summed E-state index contributed by atoms with van der Waals surface area (Å²) >= 11 is 6.21. The number of hydrogen-bond acceptors (Lipinski definition) is 2. The molecule has 1 aliphatic rings. The van der Waals surface area contributed by atoms with Gasteiger partial charge in [0.25, 0.3) is 0 Å². The lowest BCUT2D eigenvalue weighted by molar-refractivity contribution is -0.140. The molecule has 1 fully saturated rings. The zero-order valence-electron chi connectivity index (χ0n) is 16.5. The Kier molecular flexibility index (Phi) is 7.26. The number of carbonyl (C=O) groups is 2. The number of hydrogen-bond donors (Lipinski definition) is 1. The Bertz CT molecular complexity index is 850. The molecule has 0 spiro atoms. The molecule has 1 saturated carbocycles. The van der Waals surface area contributed by atoms with Crippen molar-refractivity contribution >= 4 is 23.4 Å². The number of benzene rings is 2. The molecule has 0 saturated heterocycles. The lowest BCUT2D eigenvalue weighted by Gasteiger charge is -2.30. The van der Waals surface area contributed by atoms with Gasteiger partial charge in [-0.1, -0.05) is 54.8 Å². The van der Waals surface area contributed by atoms with Crippen LogP contribution in [0.1, 0.15) is 43.7 Å². The Hall–Kier alpha value is -2.40. The van der Waals surface area contributed by atoms with Crippen LogP contribution >= 0.6 is 11.6 Å². The number of amides is 2. The Morgan fingerprint density at radius 3 is 2.45 bits per heavy atom. The van der Waals surface area contributed by atoms with Crippen LogP contribution in [0.5, 0.6) is 0 Å². The SMILES string of the molecule is C[C@H](C(=O)NC1CCCC1)N(Cc1ccc(F)cc1)C(=O)Cc1ccccc1Cl. The van der Waals surface area contributed by atoms with Gasteiger partial charge in [-0.2, -0.15) is 0 Å². The first-order valence-corrected chi connectivity index (χ1v) is 10.4. The molecule has 29 heavy (non-hydrogen) atoms. The van der Waals surface area contributed by atoms with Crippen molar-refractivity contribution < 1.29 is 14.0 Å². The summed E-state index contributed by atoms with van der Waals surface area (Å²) in [5, 5.41) is 3.58. The highest BCUT2D eigenvalue weighted by molar-refractivity contribution is 6.31. The summed E-state index contributed by atoms with van der Waals surface area (Å²) in [7, 11) is 0. The van der Waals surface area contributed by atoms with E-state index in [4.69, 9.17) is 11.6 Å². The third-order valence-corrected chi connectivity index (χ3v) is 5.80. The van der Waals surface area contributed by atoms with E-state index >= 15 is 0 Å². The van der Waals surface area contributed by atoms with E-state index in [0.29, 0.717) is 10.6 Å². The summed E-state index contributed by atoms with van der Waals surface area (Å²) in [5.41, 5.74) is 1.48. The van der Waals surface area contributed by atoms with Crippen molar-refractivity contribution in [3.63, 3.8) is 0 Å². The zero-order valence-corrected chi connectivity index (χ0v) is 17.3. The number of nitrogens with one attached hydrogen (secondary N) is 1. The van der Waals surface area contributed by atoms with Crippen molar-refractivity contribution in [3.05, 3.63) is 70.5 Å². The van der Waals surface area contributed by atoms with Crippen LogP contribution in [0, 0.1) is 5.82 Å². The monoisotopic (exact) mass is 416 g/mol. The van der Waals surface area contributed by atoms with Crippen molar-refractivity contribution in [1.29, 1.82) is 0 Å². The lowest BCUT2D eigenvalue weighted by atomic mass is 10.1. The summed E-state index contributed by atoms with van der Waals surface area (Å²) in [5.74, 6) is -0.697. The summed E-state index contributed by atoms with van der Waals surface area (Å²) < 4.78 is 13.3. The third-order valence-electron chi connectivity index (χ3n) is 5.43. The van der Waals surface area contributed by atoms with E-state index in [1.165, 1.54) is 12.1 Å². The van der Waals surface area contributed by atoms with E-state index in [1.807, 2.05) is 12.1 Å². The van der Waals surface area contributed by atoms with Gasteiger partial charge in [0.1, 0.15) is 11.9 Å². The van der Waals surface area contributed by atoms with E-state index < -0.39 is 6.04 Å². The number of halogens is 2. The van der Waals surface area contributed by atoms with Gasteiger partial charge in [0, 0.05) is 17.6 Å². The van der Waals surface area contributed by atoms with E-state index in [1.54, 1.807) is 36.1 Å². The molecular formula is C23H26ClFN2O2. The van der Waals surface area contributed by atoms with Crippen LogP contribution in [0.2, 0.25) is 5.02 Å². The van der Waals surface area contributed by atoms with Gasteiger partial charge < -0.3 is 10.2 Å². The summed E-state index contributed by atoms with van der Waals surface area (Å²) in [6, 6.07) is 12.7. The molecule has 1 atom stereocenters. The summed E-state index contributed by atoms with van der Waals surface area (Å²) in [4.78, 5) is 27.5. The molecule has 154 valence electrons. The van der Waals surface area contributed by atoms with E-state index in [2.05, 4.69) is 5.32 Å². The van der Waals surface area contributed by atoms with Gasteiger partial charge in [0.2, 0.25) is 11.8 Å². The maximum atomic E-state index is 13.3. The fraction of sp³-hybridized carbons (Fsp3) is 0.391. The van der Waals surface area contributed by atoms with E-state index in [-0.39, 0.29) is 36.6 Å². The maximum absolute atomic E-state index is 13.3. The molecule has 1 N–H and O–H groups in total. The molecule has 0 aromatic heterocycles. The fourth-order valence-electron chi connectivity index (χ4n) is 3.67. The van der Waals surface area contributed by atoms with Gasteiger partial charge in [-0.25, -0.2) is 4.39 Å². The number of nitrogens with zero attached hydrogens (tertiary/aromatic N) is 1. The second kappa shape index (κ2) is 9.88. The Morgan fingerprint density at radius 2 is 1.79 bits per heavy atom. The first-order chi connectivity index (χ1) is 13.9. The van der Waals surface area contributed by atoms with Gasteiger partial charge in [-0.05, 0) is 49.1 Å². The third kappa shape index (κ3) is 5.80. The topological polar surface area (TPSA) is 49.4 Å². The van der Waals surface area contributed by atoms with Crippen molar-refractivity contribution in [2.45, 2.75) is 57.7 Å². The second-order valence-corrected chi connectivity index (χ2v) is 7.99. The Balaban J connectivity index is 1.77. The van der Waals surface area contributed by atoms with Crippen LogP contribution in [-0.4, -0.2) is 28.8 Å². The van der Waals surface area contributed by atoms with Gasteiger partial charge >= 0.3 is 0 Å². The standard InChI is InChI=1S/C23H26ClFN2O2/c1-16(23(29)26-20-7-3-4-8-20)27(15-17-10-12-19(25)13-11-17)22(28)14-18-6-2-5-9-21(18)24/h2,5-6,9-13,16,20H,3-4,7-8,14-15H2,1H3,(H,26,29)/t16-/m1/s1. The first-order valence-electron chi connectivity index (χ1n) is 10.0. The van der Waals surface area contributed by atoms with Crippen molar-refractivity contribution in [2.24, 2.45) is 0 Å². The van der Waals surface area contributed by atoms with Crippen LogP contribution in [0.15, 0.2) is 48.5 Å². The first kappa shape index (κ1) is 21.3.